The monoisotopic (exact) mass is 228 g/mol. The predicted octanol–water partition coefficient (Wildman–Crippen LogP) is 3.23. The Morgan fingerprint density at radius 1 is 1.06 bits per heavy atom. The Labute approximate surface area is 100 Å². The Kier molecular flexibility index (Phi) is 4.07. The molecule has 3 atom stereocenters. The van der Waals surface area contributed by atoms with E-state index in [0.717, 1.165) is 12.8 Å². The zero-order chi connectivity index (χ0) is 12.6. The van der Waals surface area contributed by atoms with Crippen molar-refractivity contribution < 1.29 is 9.84 Å². The number of hydrogen-bond donors (Lipinski definition) is 1. The van der Waals surface area contributed by atoms with Gasteiger partial charge < -0.3 is 9.84 Å². The molecule has 3 unspecified atom stereocenters. The van der Waals surface area contributed by atoms with E-state index in [0.29, 0.717) is 23.9 Å². The molecule has 0 amide bonds. The first kappa shape index (κ1) is 14.0. The van der Waals surface area contributed by atoms with Crippen LogP contribution in [-0.2, 0) is 4.74 Å². The van der Waals surface area contributed by atoms with Crippen LogP contribution in [0.15, 0.2) is 0 Å². The first-order valence-corrected chi connectivity index (χ1v) is 6.41. The third-order valence-electron chi connectivity index (χ3n) is 3.61. The summed E-state index contributed by atoms with van der Waals surface area (Å²) in [6.45, 7) is 13.7. The third-order valence-corrected chi connectivity index (χ3v) is 3.61. The minimum absolute atomic E-state index is 0.0977. The highest BCUT2D eigenvalue weighted by Crippen LogP contribution is 2.42. The molecule has 2 nitrogen and oxygen atoms in total. The Morgan fingerprint density at radius 3 is 2.00 bits per heavy atom. The normalized spacial score (nSPS) is 32.1. The van der Waals surface area contributed by atoms with Gasteiger partial charge in [0.1, 0.15) is 0 Å². The minimum Gasteiger partial charge on any atom is -0.393 e. The van der Waals surface area contributed by atoms with Gasteiger partial charge in [0, 0.05) is 5.92 Å². The van der Waals surface area contributed by atoms with Gasteiger partial charge in [0.05, 0.1) is 18.3 Å². The van der Waals surface area contributed by atoms with Gasteiger partial charge in [0.2, 0.25) is 0 Å². The van der Waals surface area contributed by atoms with Crippen LogP contribution in [0.1, 0.15) is 54.4 Å². The maximum absolute atomic E-state index is 10.0. The Bertz CT molecular complexity index is 222. The molecular weight excluding hydrogens is 200 g/mol. The molecule has 1 aliphatic carbocycles. The van der Waals surface area contributed by atoms with E-state index >= 15 is 0 Å². The zero-order valence-corrected chi connectivity index (χ0v) is 11.7. The Morgan fingerprint density at radius 2 is 1.62 bits per heavy atom. The van der Waals surface area contributed by atoms with Crippen LogP contribution in [-0.4, -0.2) is 23.4 Å². The largest absolute Gasteiger partial charge is 0.393 e. The maximum Gasteiger partial charge on any atom is 0.0598 e. The molecule has 1 aliphatic rings. The summed E-state index contributed by atoms with van der Waals surface area (Å²) < 4.78 is 5.78. The SMILES string of the molecule is CC(C)(C)OCC1CC(C(C)(C)C)CC1O. The highest BCUT2D eigenvalue weighted by molar-refractivity contribution is 4.89. The predicted molar refractivity (Wildman–Crippen MR) is 67.4 cm³/mol. The van der Waals surface area contributed by atoms with Crippen molar-refractivity contribution >= 4 is 0 Å². The second kappa shape index (κ2) is 4.66. The van der Waals surface area contributed by atoms with Crippen LogP contribution in [0.3, 0.4) is 0 Å². The van der Waals surface area contributed by atoms with E-state index in [1.165, 1.54) is 0 Å². The summed E-state index contributed by atoms with van der Waals surface area (Å²) in [6.07, 6.45) is 1.86. The van der Waals surface area contributed by atoms with Gasteiger partial charge >= 0.3 is 0 Å². The van der Waals surface area contributed by atoms with Crippen LogP contribution in [0.5, 0.6) is 0 Å². The summed E-state index contributed by atoms with van der Waals surface area (Å²) in [4.78, 5) is 0. The molecule has 0 spiro atoms. The molecule has 96 valence electrons. The Balaban J connectivity index is 2.46. The van der Waals surface area contributed by atoms with Gasteiger partial charge in [-0.3, -0.25) is 0 Å². The molecule has 16 heavy (non-hydrogen) atoms. The quantitative estimate of drug-likeness (QED) is 0.786. The van der Waals surface area contributed by atoms with Crippen molar-refractivity contribution in [2.24, 2.45) is 17.3 Å². The molecule has 0 saturated heterocycles. The van der Waals surface area contributed by atoms with Gasteiger partial charge in [0.15, 0.2) is 0 Å². The molecule has 0 aromatic carbocycles. The lowest BCUT2D eigenvalue weighted by molar-refractivity contribution is -0.0407. The van der Waals surface area contributed by atoms with Gasteiger partial charge in [-0.25, -0.2) is 0 Å². The molecule has 1 fully saturated rings. The number of aliphatic hydroxyl groups is 1. The highest BCUT2D eigenvalue weighted by Gasteiger charge is 2.39. The molecular formula is C14H28O2. The van der Waals surface area contributed by atoms with E-state index in [1.54, 1.807) is 0 Å². The molecule has 0 aromatic rings. The van der Waals surface area contributed by atoms with Crippen LogP contribution in [0.2, 0.25) is 0 Å². The van der Waals surface area contributed by atoms with E-state index in [1.807, 2.05) is 0 Å². The first-order chi connectivity index (χ1) is 7.09. The van der Waals surface area contributed by atoms with Gasteiger partial charge in [-0.15, -0.1) is 0 Å². The standard InChI is InChI=1S/C14H28O2/c1-13(2,3)11-7-10(12(15)8-11)9-16-14(4,5)6/h10-12,15H,7-9H2,1-6H3. The van der Waals surface area contributed by atoms with Crippen molar-refractivity contribution in [3.8, 4) is 0 Å². The average Bonchev–Trinajstić information content (AvgIpc) is 2.41. The summed E-state index contributed by atoms with van der Waals surface area (Å²) in [7, 11) is 0. The lowest BCUT2D eigenvalue weighted by Gasteiger charge is -2.27. The fourth-order valence-corrected chi connectivity index (χ4v) is 2.35. The lowest BCUT2D eigenvalue weighted by atomic mass is 9.79. The summed E-state index contributed by atoms with van der Waals surface area (Å²) in [5.74, 6) is 0.944. The van der Waals surface area contributed by atoms with E-state index < -0.39 is 0 Å². The molecule has 0 bridgehead atoms. The molecule has 1 rings (SSSR count). The summed E-state index contributed by atoms with van der Waals surface area (Å²) in [5.41, 5.74) is 0.205. The van der Waals surface area contributed by atoms with Gasteiger partial charge in [0.25, 0.3) is 0 Å². The topological polar surface area (TPSA) is 29.5 Å². The molecule has 2 heteroatoms. The minimum atomic E-state index is -0.174. The van der Waals surface area contributed by atoms with Gasteiger partial charge in [-0.2, -0.15) is 0 Å². The van der Waals surface area contributed by atoms with E-state index in [-0.39, 0.29) is 11.7 Å². The Hall–Kier alpha value is -0.0800. The highest BCUT2D eigenvalue weighted by atomic mass is 16.5. The average molecular weight is 228 g/mol. The second-order valence-corrected chi connectivity index (χ2v) is 7.29. The van der Waals surface area contributed by atoms with Crippen LogP contribution in [0, 0.1) is 17.3 Å². The van der Waals surface area contributed by atoms with Crippen molar-refractivity contribution in [3.63, 3.8) is 0 Å². The lowest BCUT2D eigenvalue weighted by Crippen LogP contribution is -2.26. The number of rotatable bonds is 2. The third kappa shape index (κ3) is 4.06. The summed E-state index contributed by atoms with van der Waals surface area (Å²) in [6, 6.07) is 0. The molecule has 0 aliphatic heterocycles. The zero-order valence-electron chi connectivity index (χ0n) is 11.7. The van der Waals surface area contributed by atoms with Crippen molar-refractivity contribution in [3.05, 3.63) is 0 Å². The van der Waals surface area contributed by atoms with Crippen molar-refractivity contribution in [1.29, 1.82) is 0 Å². The van der Waals surface area contributed by atoms with Crippen LogP contribution in [0.25, 0.3) is 0 Å². The summed E-state index contributed by atoms with van der Waals surface area (Å²) in [5, 5.41) is 10.0. The van der Waals surface area contributed by atoms with Gasteiger partial charge in [-0.05, 0) is 44.9 Å². The van der Waals surface area contributed by atoms with Crippen LogP contribution < -0.4 is 0 Å². The smallest absolute Gasteiger partial charge is 0.0598 e. The van der Waals surface area contributed by atoms with Crippen molar-refractivity contribution in [2.75, 3.05) is 6.61 Å². The molecule has 0 radical (unpaired) electrons. The molecule has 1 N–H and O–H groups in total. The second-order valence-electron chi connectivity index (χ2n) is 7.29. The van der Waals surface area contributed by atoms with Crippen molar-refractivity contribution in [1.82, 2.24) is 0 Å². The molecule has 0 heterocycles. The van der Waals surface area contributed by atoms with Crippen LogP contribution in [0.4, 0.5) is 0 Å². The fraction of sp³-hybridized carbons (Fsp3) is 1.00. The first-order valence-electron chi connectivity index (χ1n) is 6.41. The van der Waals surface area contributed by atoms with Crippen LogP contribution >= 0.6 is 0 Å². The van der Waals surface area contributed by atoms with E-state index in [9.17, 15) is 5.11 Å². The van der Waals surface area contributed by atoms with E-state index in [2.05, 4.69) is 41.5 Å². The van der Waals surface area contributed by atoms with Gasteiger partial charge in [-0.1, -0.05) is 20.8 Å². The van der Waals surface area contributed by atoms with E-state index in [4.69, 9.17) is 4.74 Å². The number of aliphatic hydroxyl groups excluding tert-OH is 1. The fourth-order valence-electron chi connectivity index (χ4n) is 2.35. The summed E-state index contributed by atoms with van der Waals surface area (Å²) >= 11 is 0. The molecule has 1 saturated carbocycles. The number of ether oxygens (including phenoxy) is 1. The van der Waals surface area contributed by atoms with Crippen molar-refractivity contribution in [2.45, 2.75) is 66.1 Å². The number of hydrogen-bond acceptors (Lipinski definition) is 2. The maximum atomic E-state index is 10.0. The molecule has 0 aromatic heterocycles.